The molecule has 0 saturated carbocycles. The fourth-order valence-electron chi connectivity index (χ4n) is 5.13. The number of hydrogen-bond acceptors (Lipinski definition) is 10. The Hall–Kier alpha value is -2.37. The van der Waals surface area contributed by atoms with Crippen molar-refractivity contribution in [2.24, 2.45) is 5.92 Å². The van der Waals surface area contributed by atoms with Crippen LogP contribution in [-0.2, 0) is 32.7 Å². The van der Waals surface area contributed by atoms with E-state index in [0.717, 1.165) is 44.4 Å². The van der Waals surface area contributed by atoms with Crippen LogP contribution in [0.1, 0.15) is 149 Å². The number of unbranched alkanes of at least 4 members (excludes halogenated alkanes) is 10. The molecule has 0 aromatic heterocycles. The number of allylic oxidation sites excluding steroid dienone is 9. The molecule has 12 heteroatoms. The molecular formula is C43H75O11P. The average Bonchev–Trinajstić information content (AvgIpc) is 3.17. The highest BCUT2D eigenvalue weighted by Crippen LogP contribution is 2.43. The molecule has 55 heavy (non-hydrogen) atoms. The summed E-state index contributed by atoms with van der Waals surface area (Å²) in [5, 5.41) is 27.8. The molecule has 0 aliphatic heterocycles. The van der Waals surface area contributed by atoms with Crippen LogP contribution in [0.25, 0.3) is 0 Å². The molecule has 0 heterocycles. The van der Waals surface area contributed by atoms with Crippen LogP contribution >= 0.6 is 7.82 Å². The van der Waals surface area contributed by atoms with Crippen molar-refractivity contribution in [2.45, 2.75) is 167 Å². The van der Waals surface area contributed by atoms with Crippen LogP contribution in [0.4, 0.5) is 0 Å². The van der Waals surface area contributed by atoms with Crippen molar-refractivity contribution in [3.63, 3.8) is 0 Å². The van der Waals surface area contributed by atoms with Gasteiger partial charge in [0.15, 0.2) is 6.10 Å². The molecule has 0 bridgehead atoms. The molecule has 318 valence electrons. The minimum Gasteiger partial charge on any atom is -0.462 e. The standard InChI is InChI=1S/C43H75O11P/c1-4-38(3)30-26-22-18-14-12-13-16-20-24-28-32-42(47)51-36-41(37-53-55(49,50)52-35-40(46)34-44)54-43(48)33-29-25-21-17-11-9-7-6-8-10-15-19-23-27-31-39(45)5-2/h7-10,17,19,21,23,27,31,38-41,44-46H,4-6,11-16,18,20,22,24-26,28-30,32-37H2,1-3H3,(H,49,50)/b9-7-,10-8-,21-17-,23-19-,31-27+/t38?,39-,40+,41-/m1/s1. The van der Waals surface area contributed by atoms with Crippen LogP contribution in [-0.4, -0.2) is 76.9 Å². The Balaban J connectivity index is 4.46. The minimum absolute atomic E-state index is 0.0903. The number of carbonyl (C=O) groups is 2. The van der Waals surface area contributed by atoms with Crippen molar-refractivity contribution in [3.05, 3.63) is 60.8 Å². The molecule has 0 amide bonds. The van der Waals surface area contributed by atoms with Gasteiger partial charge in [-0.1, -0.05) is 152 Å². The summed E-state index contributed by atoms with van der Waals surface area (Å²) >= 11 is 0. The van der Waals surface area contributed by atoms with E-state index in [9.17, 15) is 29.3 Å². The summed E-state index contributed by atoms with van der Waals surface area (Å²) in [6, 6.07) is 0. The van der Waals surface area contributed by atoms with Gasteiger partial charge in [-0.25, -0.2) is 4.57 Å². The molecule has 0 fully saturated rings. The van der Waals surface area contributed by atoms with Crippen LogP contribution in [0.2, 0.25) is 0 Å². The predicted octanol–water partition coefficient (Wildman–Crippen LogP) is 9.55. The molecule has 11 nitrogen and oxygen atoms in total. The third-order valence-electron chi connectivity index (χ3n) is 8.88. The van der Waals surface area contributed by atoms with Crippen LogP contribution in [0, 0.1) is 5.92 Å². The fraction of sp³-hybridized carbons (Fsp3) is 0.721. The summed E-state index contributed by atoms with van der Waals surface area (Å²) in [4.78, 5) is 34.9. The molecule has 2 unspecified atom stereocenters. The molecule has 0 rings (SSSR count). The number of phosphoric acid groups is 1. The highest BCUT2D eigenvalue weighted by molar-refractivity contribution is 7.47. The molecular weight excluding hydrogens is 723 g/mol. The number of aliphatic hydroxyl groups excluding tert-OH is 3. The Morgan fingerprint density at radius 2 is 1.20 bits per heavy atom. The first-order valence-electron chi connectivity index (χ1n) is 20.7. The van der Waals surface area contributed by atoms with Gasteiger partial charge in [0.2, 0.25) is 0 Å². The van der Waals surface area contributed by atoms with Gasteiger partial charge >= 0.3 is 19.8 Å². The van der Waals surface area contributed by atoms with Gasteiger partial charge in [-0.15, -0.1) is 0 Å². The van der Waals surface area contributed by atoms with Gasteiger partial charge in [-0.05, 0) is 50.9 Å². The van der Waals surface area contributed by atoms with E-state index in [-0.39, 0.29) is 19.4 Å². The van der Waals surface area contributed by atoms with E-state index >= 15 is 0 Å². The van der Waals surface area contributed by atoms with E-state index in [4.69, 9.17) is 19.1 Å². The van der Waals surface area contributed by atoms with E-state index < -0.39 is 57.9 Å². The monoisotopic (exact) mass is 799 g/mol. The Morgan fingerprint density at radius 1 is 0.655 bits per heavy atom. The lowest BCUT2D eigenvalue weighted by molar-refractivity contribution is -0.161. The van der Waals surface area contributed by atoms with Crippen LogP contribution in [0.15, 0.2) is 60.8 Å². The van der Waals surface area contributed by atoms with E-state index in [0.29, 0.717) is 25.7 Å². The summed E-state index contributed by atoms with van der Waals surface area (Å²) in [6.07, 6.45) is 35.7. The number of ether oxygens (including phenoxy) is 2. The molecule has 0 spiro atoms. The highest BCUT2D eigenvalue weighted by Gasteiger charge is 2.27. The summed E-state index contributed by atoms with van der Waals surface area (Å²) in [5.74, 6) is -0.183. The first-order chi connectivity index (χ1) is 26.5. The van der Waals surface area contributed by atoms with E-state index in [1.54, 1.807) is 6.08 Å². The first kappa shape index (κ1) is 52.6. The number of aliphatic hydroxyl groups is 3. The number of rotatable bonds is 37. The van der Waals surface area contributed by atoms with Gasteiger partial charge in [0.25, 0.3) is 0 Å². The van der Waals surface area contributed by atoms with Crippen molar-refractivity contribution >= 4 is 19.8 Å². The number of carbonyl (C=O) groups excluding carboxylic acids is 2. The normalized spacial score (nSPS) is 15.7. The van der Waals surface area contributed by atoms with Crippen molar-refractivity contribution < 1.29 is 52.9 Å². The number of phosphoric ester groups is 1. The topological polar surface area (TPSA) is 169 Å². The Kier molecular flexibility index (Phi) is 35.6. The maximum atomic E-state index is 12.6. The molecule has 5 atom stereocenters. The molecule has 0 aliphatic carbocycles. The maximum Gasteiger partial charge on any atom is 0.472 e. The van der Waals surface area contributed by atoms with E-state index in [1.165, 1.54) is 51.4 Å². The second kappa shape index (κ2) is 37.2. The van der Waals surface area contributed by atoms with Gasteiger partial charge in [-0.2, -0.15) is 0 Å². The van der Waals surface area contributed by atoms with Gasteiger partial charge in [-0.3, -0.25) is 18.6 Å². The summed E-state index contributed by atoms with van der Waals surface area (Å²) in [6.45, 7) is 4.29. The van der Waals surface area contributed by atoms with Gasteiger partial charge in [0, 0.05) is 12.8 Å². The minimum atomic E-state index is -4.64. The van der Waals surface area contributed by atoms with Crippen LogP contribution in [0.5, 0.6) is 0 Å². The Bertz CT molecular complexity index is 1130. The molecule has 0 aromatic carbocycles. The highest BCUT2D eigenvalue weighted by atomic mass is 31.2. The summed E-state index contributed by atoms with van der Waals surface area (Å²) < 4.78 is 32.6. The first-order valence-corrected chi connectivity index (χ1v) is 22.2. The number of hydrogen-bond donors (Lipinski definition) is 4. The van der Waals surface area contributed by atoms with Gasteiger partial charge < -0.3 is 29.7 Å². The molecule has 0 saturated heterocycles. The fourth-order valence-corrected chi connectivity index (χ4v) is 5.92. The molecule has 4 N–H and O–H groups in total. The molecule has 0 aliphatic rings. The summed E-state index contributed by atoms with van der Waals surface area (Å²) in [7, 11) is -4.64. The van der Waals surface area contributed by atoms with Gasteiger partial charge in [0.1, 0.15) is 12.7 Å². The lowest BCUT2D eigenvalue weighted by Crippen LogP contribution is -2.29. The molecule has 0 aromatic rings. The summed E-state index contributed by atoms with van der Waals surface area (Å²) in [5.41, 5.74) is 0. The second-order valence-electron chi connectivity index (χ2n) is 14.1. The van der Waals surface area contributed by atoms with Crippen molar-refractivity contribution in [3.8, 4) is 0 Å². The third kappa shape index (κ3) is 37.0. The van der Waals surface area contributed by atoms with Gasteiger partial charge in [0.05, 0.1) is 25.9 Å². The second-order valence-corrected chi connectivity index (χ2v) is 15.5. The largest absolute Gasteiger partial charge is 0.472 e. The Morgan fingerprint density at radius 3 is 1.80 bits per heavy atom. The lowest BCUT2D eigenvalue weighted by Gasteiger charge is -2.20. The smallest absolute Gasteiger partial charge is 0.462 e. The van der Waals surface area contributed by atoms with Crippen molar-refractivity contribution in [2.75, 3.05) is 26.4 Å². The van der Waals surface area contributed by atoms with Crippen LogP contribution < -0.4 is 0 Å². The zero-order chi connectivity index (χ0) is 40.8. The predicted molar refractivity (Wildman–Crippen MR) is 220 cm³/mol. The zero-order valence-electron chi connectivity index (χ0n) is 34.1. The quantitative estimate of drug-likeness (QED) is 0.0155. The SMILES string of the molecule is CCC(C)CCCCCCCCCCCCC(=O)OC[C@H](COP(=O)(O)OC[C@@H](O)CO)OC(=O)CCC/C=C\C/C=C\C/C=C\C/C=C\C=C\[C@H](O)CC. The van der Waals surface area contributed by atoms with E-state index in [2.05, 4.69) is 42.7 Å². The van der Waals surface area contributed by atoms with Crippen molar-refractivity contribution in [1.82, 2.24) is 0 Å². The van der Waals surface area contributed by atoms with E-state index in [1.807, 2.05) is 37.3 Å². The lowest BCUT2D eigenvalue weighted by atomic mass is 9.99. The zero-order valence-corrected chi connectivity index (χ0v) is 35.0. The Labute approximate surface area is 332 Å². The van der Waals surface area contributed by atoms with Crippen molar-refractivity contribution in [1.29, 1.82) is 0 Å². The third-order valence-corrected chi connectivity index (χ3v) is 9.84. The van der Waals surface area contributed by atoms with Crippen LogP contribution in [0.3, 0.4) is 0 Å². The molecule has 0 radical (unpaired) electrons. The maximum absolute atomic E-state index is 12.6. The average molecular weight is 799 g/mol. The number of esters is 2.